The van der Waals surface area contributed by atoms with Crippen LogP contribution in [0.25, 0.3) is 6.08 Å². The van der Waals surface area contributed by atoms with Crippen molar-refractivity contribution in [1.29, 1.82) is 0 Å². The summed E-state index contributed by atoms with van der Waals surface area (Å²) in [4.78, 5) is 9.08. The van der Waals surface area contributed by atoms with Crippen LogP contribution in [-0.4, -0.2) is 36.6 Å². The molecule has 4 rings (SSSR count). The maximum absolute atomic E-state index is 6.05. The van der Waals surface area contributed by atoms with E-state index in [1.807, 2.05) is 18.5 Å². The molecule has 0 atom stereocenters. The van der Waals surface area contributed by atoms with E-state index < -0.39 is 0 Å². The van der Waals surface area contributed by atoms with Crippen LogP contribution in [0.4, 0.5) is 5.69 Å². The molecule has 0 saturated carbocycles. The van der Waals surface area contributed by atoms with Gasteiger partial charge in [0.2, 0.25) is 0 Å². The Balaban J connectivity index is 1.24. The highest BCUT2D eigenvalue weighted by Crippen LogP contribution is 2.28. The molecule has 0 saturated heterocycles. The summed E-state index contributed by atoms with van der Waals surface area (Å²) in [5.41, 5.74) is 6.53. The summed E-state index contributed by atoms with van der Waals surface area (Å²) in [7, 11) is 2.12. The molecule has 0 bridgehead atoms. The van der Waals surface area contributed by atoms with Gasteiger partial charge in [0.1, 0.15) is 5.75 Å². The van der Waals surface area contributed by atoms with Gasteiger partial charge in [-0.15, -0.1) is 0 Å². The summed E-state index contributed by atoms with van der Waals surface area (Å²) in [6.45, 7) is 6.89. The fourth-order valence-corrected chi connectivity index (χ4v) is 4.34. The predicted octanol–water partition coefficient (Wildman–Crippen LogP) is 6.10. The smallest absolute Gasteiger partial charge is 0.120 e. The molecule has 172 valence electrons. The zero-order chi connectivity index (χ0) is 22.9. The first-order chi connectivity index (χ1) is 16.2. The molecule has 0 spiro atoms. The number of aryl methyl sites for hydroxylation is 1. The van der Waals surface area contributed by atoms with Crippen LogP contribution < -0.4 is 9.64 Å². The maximum Gasteiger partial charge on any atom is 0.120 e. The Morgan fingerprint density at radius 3 is 2.76 bits per heavy atom. The zero-order valence-electron chi connectivity index (χ0n) is 19.9. The Labute approximate surface area is 198 Å². The van der Waals surface area contributed by atoms with E-state index in [1.54, 1.807) is 0 Å². The summed E-state index contributed by atoms with van der Waals surface area (Å²) in [5, 5.41) is 0. The molecule has 0 fully saturated rings. The average Bonchev–Trinajstić information content (AvgIpc) is 2.83. The minimum atomic E-state index is 0.763. The van der Waals surface area contributed by atoms with Crippen molar-refractivity contribution in [2.24, 2.45) is 0 Å². The Morgan fingerprint density at radius 1 is 1.00 bits per heavy atom. The second kappa shape index (κ2) is 11.7. The SMILES string of the molecule is Cc1ccccc1CN(CCCCCOc1ccc2c(c1)C=CCN2C)Cc1cccnc1. The third-order valence-electron chi connectivity index (χ3n) is 6.26. The van der Waals surface area contributed by atoms with E-state index in [2.05, 4.69) is 89.4 Å². The number of likely N-dealkylation sites (N-methyl/N-ethyl adjacent to an activating group) is 1. The molecular formula is C29H35N3O. The Kier molecular flexibility index (Phi) is 8.15. The van der Waals surface area contributed by atoms with Crippen LogP contribution in [0.5, 0.6) is 5.75 Å². The van der Waals surface area contributed by atoms with Crippen molar-refractivity contribution >= 4 is 11.8 Å². The Hall–Kier alpha value is -3.11. The third kappa shape index (κ3) is 6.69. The summed E-state index contributed by atoms with van der Waals surface area (Å²) in [6, 6.07) is 19.3. The van der Waals surface area contributed by atoms with Gasteiger partial charge in [-0.05, 0) is 73.7 Å². The Morgan fingerprint density at radius 2 is 1.91 bits per heavy atom. The van der Waals surface area contributed by atoms with Crippen LogP contribution in [0.1, 0.15) is 41.5 Å². The fourth-order valence-electron chi connectivity index (χ4n) is 4.34. The number of rotatable bonds is 11. The molecule has 2 heterocycles. The summed E-state index contributed by atoms with van der Waals surface area (Å²) in [5.74, 6) is 0.964. The van der Waals surface area contributed by atoms with E-state index in [-0.39, 0.29) is 0 Å². The molecule has 0 amide bonds. The van der Waals surface area contributed by atoms with Crippen LogP contribution in [0.2, 0.25) is 0 Å². The van der Waals surface area contributed by atoms with Crippen LogP contribution in [0.3, 0.4) is 0 Å². The maximum atomic E-state index is 6.05. The highest BCUT2D eigenvalue weighted by Gasteiger charge is 2.11. The molecule has 1 aliphatic heterocycles. The van der Waals surface area contributed by atoms with E-state index in [1.165, 1.54) is 27.9 Å². The molecule has 0 aliphatic carbocycles. The highest BCUT2D eigenvalue weighted by molar-refractivity contribution is 5.72. The molecule has 1 aliphatic rings. The number of fused-ring (bicyclic) bond motifs is 1. The zero-order valence-corrected chi connectivity index (χ0v) is 19.9. The van der Waals surface area contributed by atoms with Gasteiger partial charge >= 0.3 is 0 Å². The lowest BCUT2D eigenvalue weighted by molar-refractivity contribution is 0.243. The lowest BCUT2D eigenvalue weighted by Crippen LogP contribution is -2.24. The molecule has 2 aromatic carbocycles. The van der Waals surface area contributed by atoms with Gasteiger partial charge in [-0.1, -0.05) is 42.5 Å². The normalized spacial score (nSPS) is 12.8. The number of hydrogen-bond acceptors (Lipinski definition) is 4. The van der Waals surface area contributed by atoms with Gasteiger partial charge in [-0.2, -0.15) is 0 Å². The average molecular weight is 442 g/mol. The second-order valence-electron chi connectivity index (χ2n) is 8.91. The Bertz CT molecular complexity index is 1050. The highest BCUT2D eigenvalue weighted by atomic mass is 16.5. The summed E-state index contributed by atoms with van der Waals surface area (Å²) < 4.78 is 6.05. The molecule has 4 nitrogen and oxygen atoms in total. The van der Waals surface area contributed by atoms with Crippen molar-refractivity contribution in [3.63, 3.8) is 0 Å². The molecule has 0 unspecified atom stereocenters. The van der Waals surface area contributed by atoms with Gasteiger partial charge in [-0.3, -0.25) is 9.88 Å². The van der Waals surface area contributed by atoms with Gasteiger partial charge in [0.05, 0.1) is 6.61 Å². The number of aromatic nitrogens is 1. The van der Waals surface area contributed by atoms with Crippen molar-refractivity contribution < 1.29 is 4.74 Å². The number of nitrogens with zero attached hydrogens (tertiary/aromatic N) is 3. The lowest BCUT2D eigenvalue weighted by Gasteiger charge is -2.24. The molecule has 1 aromatic heterocycles. The quantitative estimate of drug-likeness (QED) is 0.336. The first kappa shape index (κ1) is 23.1. The monoisotopic (exact) mass is 441 g/mol. The van der Waals surface area contributed by atoms with Crippen LogP contribution in [0.15, 0.2) is 73.1 Å². The van der Waals surface area contributed by atoms with Gasteiger partial charge in [-0.25, -0.2) is 0 Å². The fraction of sp³-hybridized carbons (Fsp3) is 0.345. The predicted molar refractivity (Wildman–Crippen MR) is 138 cm³/mol. The lowest BCUT2D eigenvalue weighted by atomic mass is 10.1. The topological polar surface area (TPSA) is 28.6 Å². The molecule has 33 heavy (non-hydrogen) atoms. The molecule has 3 aromatic rings. The minimum Gasteiger partial charge on any atom is -0.494 e. The van der Waals surface area contributed by atoms with Crippen molar-refractivity contribution in [2.75, 3.05) is 31.6 Å². The van der Waals surface area contributed by atoms with Crippen molar-refractivity contribution in [2.45, 2.75) is 39.3 Å². The van der Waals surface area contributed by atoms with Crippen LogP contribution in [-0.2, 0) is 13.1 Å². The standard InChI is InChI=1S/C29H35N3O/c1-24-10-4-5-12-27(24)23-32(22-25-11-8-16-30-21-25)18-6-3-7-19-33-28-14-15-29-26(20-28)13-9-17-31(29)2/h4-5,8-16,20-21H,3,6-7,17-19,22-23H2,1-2H3. The van der Waals surface area contributed by atoms with Crippen LogP contribution >= 0.6 is 0 Å². The van der Waals surface area contributed by atoms with Crippen LogP contribution in [0, 0.1) is 6.92 Å². The number of pyridine rings is 1. The largest absolute Gasteiger partial charge is 0.494 e. The van der Waals surface area contributed by atoms with Gasteiger partial charge in [0, 0.05) is 50.3 Å². The number of ether oxygens (including phenoxy) is 1. The van der Waals surface area contributed by atoms with Crippen molar-refractivity contribution in [3.05, 3.63) is 95.3 Å². The van der Waals surface area contributed by atoms with E-state index in [0.29, 0.717) is 0 Å². The second-order valence-corrected chi connectivity index (χ2v) is 8.91. The number of anilines is 1. The van der Waals surface area contributed by atoms with E-state index in [0.717, 1.165) is 57.8 Å². The molecule has 4 heteroatoms. The van der Waals surface area contributed by atoms with E-state index in [4.69, 9.17) is 4.74 Å². The molecule has 0 N–H and O–H groups in total. The summed E-state index contributed by atoms with van der Waals surface area (Å²) >= 11 is 0. The van der Waals surface area contributed by atoms with E-state index in [9.17, 15) is 0 Å². The van der Waals surface area contributed by atoms with Gasteiger partial charge < -0.3 is 9.64 Å². The van der Waals surface area contributed by atoms with Gasteiger partial charge in [0.15, 0.2) is 0 Å². The van der Waals surface area contributed by atoms with E-state index >= 15 is 0 Å². The third-order valence-corrected chi connectivity index (χ3v) is 6.26. The molecular weight excluding hydrogens is 406 g/mol. The first-order valence-electron chi connectivity index (χ1n) is 12.0. The van der Waals surface area contributed by atoms with Crippen molar-refractivity contribution in [3.8, 4) is 5.75 Å². The van der Waals surface area contributed by atoms with Gasteiger partial charge in [0.25, 0.3) is 0 Å². The molecule has 0 radical (unpaired) electrons. The van der Waals surface area contributed by atoms with Crippen molar-refractivity contribution in [1.82, 2.24) is 9.88 Å². The number of hydrogen-bond donors (Lipinski definition) is 0. The first-order valence-corrected chi connectivity index (χ1v) is 12.0. The minimum absolute atomic E-state index is 0.763. The summed E-state index contributed by atoms with van der Waals surface area (Å²) in [6.07, 6.45) is 11.6. The number of unbranched alkanes of at least 4 members (excludes halogenated alkanes) is 2. The number of benzene rings is 2.